The van der Waals surface area contributed by atoms with Crippen LogP contribution in [0.15, 0.2) is 54.6 Å². The summed E-state index contributed by atoms with van der Waals surface area (Å²) in [6.45, 7) is 3.94. The molecule has 1 amide bonds. The zero-order valence-corrected chi connectivity index (χ0v) is 17.5. The molecule has 7 nitrogen and oxygen atoms in total. The van der Waals surface area contributed by atoms with Crippen molar-refractivity contribution in [3.05, 3.63) is 65.7 Å². The minimum absolute atomic E-state index is 0.0355. The van der Waals surface area contributed by atoms with Gasteiger partial charge in [-0.25, -0.2) is 13.2 Å². The fraction of sp³-hybridized carbons (Fsp3) is 0.333. The number of anilines is 1. The summed E-state index contributed by atoms with van der Waals surface area (Å²) in [5.74, 6) is -1.04. The van der Waals surface area contributed by atoms with Gasteiger partial charge in [0.2, 0.25) is 10.0 Å². The van der Waals surface area contributed by atoms with Crippen LogP contribution in [-0.4, -0.2) is 39.2 Å². The maximum atomic E-state index is 12.4. The van der Waals surface area contributed by atoms with E-state index in [0.29, 0.717) is 6.54 Å². The Morgan fingerprint density at radius 3 is 2.28 bits per heavy atom. The maximum absolute atomic E-state index is 12.4. The fourth-order valence-electron chi connectivity index (χ4n) is 2.82. The van der Waals surface area contributed by atoms with Crippen molar-refractivity contribution in [1.82, 2.24) is 5.32 Å². The lowest BCUT2D eigenvalue weighted by Crippen LogP contribution is -2.38. The van der Waals surface area contributed by atoms with Crippen LogP contribution in [0.25, 0.3) is 0 Å². The molecule has 156 valence electrons. The molecule has 2 rings (SSSR count). The van der Waals surface area contributed by atoms with E-state index >= 15 is 0 Å². The van der Waals surface area contributed by atoms with Crippen LogP contribution in [0.4, 0.5) is 5.69 Å². The molecule has 0 saturated carbocycles. The number of ether oxygens (including phenoxy) is 1. The van der Waals surface area contributed by atoms with Crippen LogP contribution < -0.4 is 10.0 Å². The molecule has 2 aromatic rings. The second-order valence-electron chi connectivity index (χ2n) is 6.73. The number of hydrogen-bond donors (Lipinski definition) is 2. The lowest BCUT2D eigenvalue weighted by Gasteiger charge is -2.19. The van der Waals surface area contributed by atoms with E-state index in [1.54, 1.807) is 12.1 Å². The van der Waals surface area contributed by atoms with Crippen LogP contribution in [0.3, 0.4) is 0 Å². The SMILES string of the molecule is CC[C@@H](CNC(=O)[C@@H](C)OC(=O)c1ccccc1NS(C)(=O)=O)c1ccccc1. The average Bonchev–Trinajstić information content (AvgIpc) is 2.68. The van der Waals surface area contributed by atoms with Gasteiger partial charge in [-0.05, 0) is 31.0 Å². The molecular formula is C21H26N2O5S. The number of rotatable bonds is 9. The van der Waals surface area contributed by atoms with Crippen molar-refractivity contribution in [1.29, 1.82) is 0 Å². The molecule has 0 unspecified atom stereocenters. The van der Waals surface area contributed by atoms with Gasteiger partial charge < -0.3 is 10.1 Å². The van der Waals surface area contributed by atoms with Gasteiger partial charge in [0.15, 0.2) is 6.10 Å². The summed E-state index contributed by atoms with van der Waals surface area (Å²) in [6.07, 6.45) is 0.812. The highest BCUT2D eigenvalue weighted by Crippen LogP contribution is 2.19. The molecular weight excluding hydrogens is 392 g/mol. The van der Waals surface area contributed by atoms with Crippen molar-refractivity contribution in [2.75, 3.05) is 17.5 Å². The van der Waals surface area contributed by atoms with Crippen molar-refractivity contribution in [2.45, 2.75) is 32.3 Å². The first-order chi connectivity index (χ1) is 13.7. The Balaban J connectivity index is 1.98. The second-order valence-corrected chi connectivity index (χ2v) is 8.48. The summed E-state index contributed by atoms with van der Waals surface area (Å²) in [5.41, 5.74) is 1.26. The minimum Gasteiger partial charge on any atom is -0.449 e. The average molecular weight is 419 g/mol. The number of hydrogen-bond acceptors (Lipinski definition) is 5. The first-order valence-corrected chi connectivity index (χ1v) is 11.2. The maximum Gasteiger partial charge on any atom is 0.341 e. The number of nitrogens with one attached hydrogen (secondary N) is 2. The zero-order valence-electron chi connectivity index (χ0n) is 16.7. The third-order valence-corrected chi connectivity index (χ3v) is 4.97. The van der Waals surface area contributed by atoms with Gasteiger partial charge in [0.1, 0.15) is 0 Å². The molecule has 0 spiro atoms. The molecule has 8 heteroatoms. The number of esters is 1. The van der Waals surface area contributed by atoms with E-state index in [2.05, 4.69) is 10.0 Å². The first-order valence-electron chi connectivity index (χ1n) is 9.31. The lowest BCUT2D eigenvalue weighted by molar-refractivity contribution is -0.129. The van der Waals surface area contributed by atoms with Crippen molar-refractivity contribution in [3.63, 3.8) is 0 Å². The van der Waals surface area contributed by atoms with Crippen LogP contribution in [0.2, 0.25) is 0 Å². The topological polar surface area (TPSA) is 102 Å². The molecule has 29 heavy (non-hydrogen) atoms. The van der Waals surface area contributed by atoms with Gasteiger partial charge in [0.05, 0.1) is 17.5 Å². The predicted molar refractivity (Wildman–Crippen MR) is 112 cm³/mol. The summed E-state index contributed by atoms with van der Waals surface area (Å²) in [6, 6.07) is 15.9. The minimum atomic E-state index is -3.56. The summed E-state index contributed by atoms with van der Waals surface area (Å²) in [4.78, 5) is 24.8. The first kappa shape index (κ1) is 22.4. The Kier molecular flexibility index (Phi) is 7.78. The molecule has 0 aliphatic carbocycles. The lowest BCUT2D eigenvalue weighted by atomic mass is 9.96. The summed E-state index contributed by atoms with van der Waals surface area (Å²) in [7, 11) is -3.56. The van der Waals surface area contributed by atoms with Gasteiger partial charge in [-0.2, -0.15) is 0 Å². The quantitative estimate of drug-likeness (QED) is 0.610. The molecule has 2 aromatic carbocycles. The van der Waals surface area contributed by atoms with Crippen LogP contribution in [0.1, 0.15) is 42.1 Å². The highest BCUT2D eigenvalue weighted by molar-refractivity contribution is 7.92. The summed E-state index contributed by atoms with van der Waals surface area (Å²) < 4.78 is 30.5. The van der Waals surface area contributed by atoms with E-state index < -0.39 is 28.0 Å². The summed E-state index contributed by atoms with van der Waals surface area (Å²) >= 11 is 0. The van der Waals surface area contributed by atoms with Gasteiger partial charge in [0, 0.05) is 12.5 Å². The number of sulfonamides is 1. The normalized spacial score (nSPS) is 13.2. The Hall–Kier alpha value is -2.87. The summed E-state index contributed by atoms with van der Waals surface area (Å²) in [5, 5.41) is 2.81. The van der Waals surface area contributed by atoms with Crippen molar-refractivity contribution in [2.24, 2.45) is 0 Å². The van der Waals surface area contributed by atoms with E-state index in [-0.39, 0.29) is 17.2 Å². The van der Waals surface area contributed by atoms with Crippen molar-refractivity contribution < 1.29 is 22.7 Å². The number of benzene rings is 2. The Morgan fingerprint density at radius 2 is 1.66 bits per heavy atom. The zero-order chi connectivity index (χ0) is 21.4. The molecule has 0 aliphatic heterocycles. The van der Waals surface area contributed by atoms with E-state index in [0.717, 1.165) is 18.2 Å². The van der Waals surface area contributed by atoms with Gasteiger partial charge in [-0.15, -0.1) is 0 Å². The molecule has 0 saturated heterocycles. The molecule has 2 N–H and O–H groups in total. The molecule has 0 aromatic heterocycles. The number of amides is 1. The Bertz CT molecular complexity index is 945. The third-order valence-electron chi connectivity index (χ3n) is 4.38. The van der Waals surface area contributed by atoms with Gasteiger partial charge in [-0.1, -0.05) is 49.4 Å². The third kappa shape index (κ3) is 6.90. The Morgan fingerprint density at radius 1 is 1.03 bits per heavy atom. The van der Waals surface area contributed by atoms with Crippen LogP contribution in [0.5, 0.6) is 0 Å². The predicted octanol–water partition coefficient (Wildman–Crippen LogP) is 2.91. The van der Waals surface area contributed by atoms with Gasteiger partial charge >= 0.3 is 5.97 Å². The number of para-hydroxylation sites is 1. The smallest absolute Gasteiger partial charge is 0.341 e. The monoisotopic (exact) mass is 418 g/mol. The number of carbonyl (C=O) groups excluding carboxylic acids is 2. The van der Waals surface area contributed by atoms with E-state index in [1.807, 2.05) is 37.3 Å². The molecule has 0 fully saturated rings. The van der Waals surface area contributed by atoms with Crippen molar-refractivity contribution >= 4 is 27.6 Å². The highest BCUT2D eigenvalue weighted by Gasteiger charge is 2.22. The van der Waals surface area contributed by atoms with E-state index in [9.17, 15) is 18.0 Å². The van der Waals surface area contributed by atoms with Gasteiger partial charge in [-0.3, -0.25) is 9.52 Å². The second kappa shape index (κ2) is 10.1. The van der Waals surface area contributed by atoms with E-state index in [1.165, 1.54) is 19.1 Å². The molecule has 2 atom stereocenters. The Labute approximate surface area is 171 Å². The largest absolute Gasteiger partial charge is 0.449 e. The van der Waals surface area contributed by atoms with Gasteiger partial charge in [0.25, 0.3) is 5.91 Å². The highest BCUT2D eigenvalue weighted by atomic mass is 32.2. The van der Waals surface area contributed by atoms with Crippen LogP contribution in [0, 0.1) is 0 Å². The number of carbonyl (C=O) groups is 2. The van der Waals surface area contributed by atoms with Crippen LogP contribution >= 0.6 is 0 Å². The molecule has 0 heterocycles. The molecule has 0 bridgehead atoms. The molecule has 0 radical (unpaired) electrons. The molecule has 0 aliphatic rings. The standard InChI is InChI=1S/C21H26N2O5S/c1-4-16(17-10-6-5-7-11-17)14-22-20(24)15(2)28-21(25)18-12-8-9-13-19(18)23-29(3,26)27/h5-13,15-16,23H,4,14H2,1-3H3,(H,22,24)/t15-,16+/m1/s1. The van der Waals surface area contributed by atoms with Crippen molar-refractivity contribution in [3.8, 4) is 0 Å². The fourth-order valence-corrected chi connectivity index (χ4v) is 3.40. The van der Waals surface area contributed by atoms with Crippen LogP contribution in [-0.2, 0) is 19.6 Å². The van der Waals surface area contributed by atoms with E-state index in [4.69, 9.17) is 4.74 Å².